The zero-order valence-electron chi connectivity index (χ0n) is 13.5. The molecular weight excluding hydrogens is 437 g/mol. The standard InChI is InChI=1S/C18H14BrN5.2ClH/c19-14-6-7-16-15(10-14)17(21-11-13-4-2-1-3-5-13)23-18(22-16)24-9-8-20-12-24;;/h1-10,12H,11H2,(H,21,22,23);2*1H. The Bertz CT molecular complexity index is 978. The van der Waals surface area contributed by atoms with Crippen molar-refractivity contribution in [1.82, 2.24) is 19.5 Å². The van der Waals surface area contributed by atoms with Crippen molar-refractivity contribution in [3.63, 3.8) is 0 Å². The minimum Gasteiger partial charge on any atom is -0.365 e. The quantitative estimate of drug-likeness (QED) is 0.471. The van der Waals surface area contributed by atoms with Crippen LogP contribution in [0, 0.1) is 0 Å². The van der Waals surface area contributed by atoms with Gasteiger partial charge in [0.25, 0.3) is 0 Å². The maximum atomic E-state index is 4.68. The maximum Gasteiger partial charge on any atom is 0.237 e. The zero-order chi connectivity index (χ0) is 16.4. The molecular formula is C18H16BrCl2N5. The highest BCUT2D eigenvalue weighted by atomic mass is 79.9. The number of rotatable bonds is 4. The molecule has 4 rings (SSSR count). The first kappa shape index (κ1) is 20.2. The summed E-state index contributed by atoms with van der Waals surface area (Å²) in [6.07, 6.45) is 5.24. The first-order chi connectivity index (χ1) is 11.8. The van der Waals surface area contributed by atoms with Crippen LogP contribution < -0.4 is 5.32 Å². The molecule has 4 aromatic rings. The van der Waals surface area contributed by atoms with Crippen molar-refractivity contribution in [3.05, 3.63) is 77.3 Å². The van der Waals surface area contributed by atoms with Crippen LogP contribution in [0.25, 0.3) is 16.9 Å². The number of fused-ring (bicyclic) bond motifs is 1. The Hall–Kier alpha value is -2.15. The number of imidazole rings is 1. The first-order valence-electron chi connectivity index (χ1n) is 7.53. The lowest BCUT2D eigenvalue weighted by Crippen LogP contribution is -2.06. The van der Waals surface area contributed by atoms with Crippen molar-refractivity contribution >= 4 is 57.5 Å². The minimum atomic E-state index is 0. The van der Waals surface area contributed by atoms with Crippen molar-refractivity contribution in [1.29, 1.82) is 0 Å². The van der Waals surface area contributed by atoms with E-state index in [0.29, 0.717) is 12.5 Å². The van der Waals surface area contributed by atoms with Crippen LogP contribution in [0.4, 0.5) is 5.82 Å². The van der Waals surface area contributed by atoms with Crippen LogP contribution in [-0.2, 0) is 6.54 Å². The highest BCUT2D eigenvalue weighted by Crippen LogP contribution is 2.25. The van der Waals surface area contributed by atoms with Crippen molar-refractivity contribution in [2.45, 2.75) is 6.54 Å². The molecule has 0 radical (unpaired) electrons. The summed E-state index contributed by atoms with van der Waals surface area (Å²) in [6, 6.07) is 16.2. The summed E-state index contributed by atoms with van der Waals surface area (Å²) >= 11 is 3.52. The van der Waals surface area contributed by atoms with Crippen LogP contribution in [0.15, 0.2) is 71.7 Å². The Balaban J connectivity index is 0.00000121. The molecule has 0 saturated carbocycles. The number of hydrogen-bond acceptors (Lipinski definition) is 4. The van der Waals surface area contributed by atoms with E-state index in [-0.39, 0.29) is 24.8 Å². The van der Waals surface area contributed by atoms with Gasteiger partial charge in [0, 0.05) is 28.8 Å². The van der Waals surface area contributed by atoms with Crippen LogP contribution in [0.5, 0.6) is 0 Å². The van der Waals surface area contributed by atoms with Gasteiger partial charge in [-0.25, -0.2) is 9.97 Å². The van der Waals surface area contributed by atoms with Gasteiger partial charge in [-0.2, -0.15) is 4.98 Å². The molecule has 5 nitrogen and oxygen atoms in total. The monoisotopic (exact) mass is 451 g/mol. The van der Waals surface area contributed by atoms with Gasteiger partial charge < -0.3 is 5.32 Å². The average Bonchev–Trinajstić information content (AvgIpc) is 3.15. The molecule has 0 aliphatic rings. The molecule has 0 aliphatic carbocycles. The van der Waals surface area contributed by atoms with Crippen molar-refractivity contribution in [2.24, 2.45) is 0 Å². The van der Waals surface area contributed by atoms with E-state index in [2.05, 4.69) is 48.3 Å². The Morgan fingerprint density at radius 2 is 1.81 bits per heavy atom. The third-order valence-electron chi connectivity index (χ3n) is 3.68. The van der Waals surface area contributed by atoms with Gasteiger partial charge in [0.2, 0.25) is 5.95 Å². The molecule has 0 unspecified atom stereocenters. The average molecular weight is 453 g/mol. The Kier molecular flexibility index (Phi) is 6.97. The molecule has 2 aromatic carbocycles. The molecule has 8 heteroatoms. The summed E-state index contributed by atoms with van der Waals surface area (Å²) in [4.78, 5) is 13.4. The molecule has 26 heavy (non-hydrogen) atoms. The van der Waals surface area contributed by atoms with E-state index in [1.165, 1.54) is 5.56 Å². The largest absolute Gasteiger partial charge is 0.365 e. The van der Waals surface area contributed by atoms with Crippen molar-refractivity contribution in [2.75, 3.05) is 5.32 Å². The molecule has 0 saturated heterocycles. The number of hydrogen-bond donors (Lipinski definition) is 1. The highest BCUT2D eigenvalue weighted by molar-refractivity contribution is 9.10. The van der Waals surface area contributed by atoms with Crippen LogP contribution in [-0.4, -0.2) is 19.5 Å². The lowest BCUT2D eigenvalue weighted by molar-refractivity contribution is 0.936. The topological polar surface area (TPSA) is 55.6 Å². The number of benzene rings is 2. The molecule has 2 heterocycles. The van der Waals surface area contributed by atoms with Crippen LogP contribution in [0.2, 0.25) is 0 Å². The summed E-state index contributed by atoms with van der Waals surface area (Å²) in [5.41, 5.74) is 2.08. The van der Waals surface area contributed by atoms with E-state index < -0.39 is 0 Å². The summed E-state index contributed by atoms with van der Waals surface area (Å²) in [5.74, 6) is 1.40. The number of nitrogens with one attached hydrogen (secondary N) is 1. The van der Waals surface area contributed by atoms with Gasteiger partial charge >= 0.3 is 0 Å². The Morgan fingerprint density at radius 3 is 2.54 bits per heavy atom. The summed E-state index contributed by atoms with van der Waals surface area (Å²) in [5, 5.41) is 4.40. The molecule has 2 aromatic heterocycles. The SMILES string of the molecule is Brc1ccc2nc(-n3ccnc3)nc(NCc3ccccc3)c2c1.Cl.Cl. The lowest BCUT2D eigenvalue weighted by Gasteiger charge is -2.11. The van der Waals surface area contributed by atoms with E-state index in [4.69, 9.17) is 0 Å². The normalized spacial score (nSPS) is 10.0. The predicted molar refractivity (Wildman–Crippen MR) is 113 cm³/mol. The molecule has 1 N–H and O–H groups in total. The van der Waals surface area contributed by atoms with Gasteiger partial charge in [0.15, 0.2) is 0 Å². The van der Waals surface area contributed by atoms with Gasteiger partial charge in [-0.05, 0) is 23.8 Å². The van der Waals surface area contributed by atoms with Gasteiger partial charge in [0.1, 0.15) is 12.1 Å². The van der Waals surface area contributed by atoms with Crippen LogP contribution in [0.1, 0.15) is 5.56 Å². The Labute approximate surface area is 171 Å². The van der Waals surface area contributed by atoms with Gasteiger partial charge in [-0.15, -0.1) is 24.8 Å². The number of anilines is 1. The maximum absolute atomic E-state index is 4.68. The highest BCUT2D eigenvalue weighted by Gasteiger charge is 2.09. The summed E-state index contributed by atoms with van der Waals surface area (Å²) in [6.45, 7) is 0.697. The fourth-order valence-electron chi connectivity index (χ4n) is 2.50. The van der Waals surface area contributed by atoms with Gasteiger partial charge in [-0.3, -0.25) is 4.57 Å². The number of halogens is 3. The predicted octanol–water partition coefficient (Wildman–Crippen LogP) is 5.03. The molecule has 0 fully saturated rings. The minimum absolute atomic E-state index is 0. The Morgan fingerprint density at radius 1 is 1.00 bits per heavy atom. The second-order valence-electron chi connectivity index (χ2n) is 5.34. The smallest absolute Gasteiger partial charge is 0.237 e. The van der Waals surface area contributed by atoms with Crippen LogP contribution >= 0.6 is 40.7 Å². The summed E-state index contributed by atoms with van der Waals surface area (Å²) in [7, 11) is 0. The third-order valence-corrected chi connectivity index (χ3v) is 4.18. The molecule has 0 bridgehead atoms. The van der Waals surface area contributed by atoms with Gasteiger partial charge in [0.05, 0.1) is 5.52 Å². The number of nitrogens with zero attached hydrogens (tertiary/aromatic N) is 4. The fraction of sp³-hybridized carbons (Fsp3) is 0.0556. The third kappa shape index (κ3) is 4.33. The lowest BCUT2D eigenvalue weighted by atomic mass is 10.2. The first-order valence-corrected chi connectivity index (χ1v) is 8.32. The molecule has 0 amide bonds. The van der Waals surface area contributed by atoms with Crippen molar-refractivity contribution in [3.8, 4) is 5.95 Å². The fourth-order valence-corrected chi connectivity index (χ4v) is 2.86. The van der Waals surface area contributed by atoms with E-state index in [0.717, 1.165) is 21.2 Å². The molecule has 0 spiro atoms. The molecule has 0 aliphatic heterocycles. The zero-order valence-corrected chi connectivity index (χ0v) is 16.8. The second-order valence-corrected chi connectivity index (χ2v) is 6.26. The second kappa shape index (κ2) is 8.98. The van der Waals surface area contributed by atoms with E-state index in [1.807, 2.05) is 42.6 Å². The number of aromatic nitrogens is 4. The van der Waals surface area contributed by atoms with Gasteiger partial charge in [-0.1, -0.05) is 46.3 Å². The molecule has 0 atom stereocenters. The molecule has 134 valence electrons. The van der Waals surface area contributed by atoms with E-state index in [1.54, 1.807) is 17.1 Å². The van der Waals surface area contributed by atoms with E-state index >= 15 is 0 Å². The van der Waals surface area contributed by atoms with Crippen LogP contribution in [0.3, 0.4) is 0 Å². The van der Waals surface area contributed by atoms with E-state index in [9.17, 15) is 0 Å². The summed E-state index contributed by atoms with van der Waals surface area (Å²) < 4.78 is 2.80. The van der Waals surface area contributed by atoms with Crippen molar-refractivity contribution < 1.29 is 0 Å².